The largest absolute Gasteiger partial charge is 0.507 e. The fourth-order valence-corrected chi connectivity index (χ4v) is 1.56. The maximum absolute atomic E-state index is 11.8. The molecule has 0 radical (unpaired) electrons. The van der Waals surface area contributed by atoms with Gasteiger partial charge in [-0.2, -0.15) is 4.98 Å². The quantitative estimate of drug-likeness (QED) is 0.886. The minimum absolute atomic E-state index is 0.00752. The Labute approximate surface area is 105 Å². The molecule has 0 fully saturated rings. The van der Waals surface area contributed by atoms with Crippen molar-refractivity contribution in [1.29, 1.82) is 0 Å². The molecule has 6 nitrogen and oxygen atoms in total. The van der Waals surface area contributed by atoms with E-state index < -0.39 is 5.91 Å². The van der Waals surface area contributed by atoms with Crippen molar-refractivity contribution in [2.75, 3.05) is 5.32 Å². The number of nitrogens with one attached hydrogen (secondary N) is 1. The highest BCUT2D eigenvalue weighted by molar-refractivity contribution is 9.10. The highest BCUT2D eigenvalue weighted by Gasteiger charge is 2.14. The lowest BCUT2D eigenvalue weighted by atomic mass is 10.2. The normalized spacial score (nSPS) is 10.2. The van der Waals surface area contributed by atoms with E-state index in [0.717, 1.165) is 0 Å². The summed E-state index contributed by atoms with van der Waals surface area (Å²) in [6.07, 6.45) is 0. The molecule has 88 valence electrons. The number of aromatic nitrogens is 2. The van der Waals surface area contributed by atoms with E-state index in [2.05, 4.69) is 31.4 Å². The van der Waals surface area contributed by atoms with Crippen molar-refractivity contribution >= 4 is 27.9 Å². The van der Waals surface area contributed by atoms with Crippen LogP contribution < -0.4 is 5.32 Å². The second-order valence-electron chi connectivity index (χ2n) is 3.26. The zero-order valence-electron chi connectivity index (χ0n) is 8.77. The van der Waals surface area contributed by atoms with Crippen molar-refractivity contribution in [2.45, 2.75) is 6.92 Å². The molecule has 0 aliphatic heterocycles. The number of amides is 1. The molecule has 1 amide bonds. The monoisotopic (exact) mass is 297 g/mol. The molecule has 0 aliphatic carbocycles. The number of hydrogen-bond donors (Lipinski definition) is 2. The van der Waals surface area contributed by atoms with E-state index >= 15 is 0 Å². The predicted octanol–water partition coefficient (Wildman–Crippen LogP) is 2.10. The molecule has 0 saturated heterocycles. The zero-order chi connectivity index (χ0) is 12.4. The smallest absolute Gasteiger partial charge is 0.328 e. The Morgan fingerprint density at radius 2 is 2.29 bits per heavy atom. The average Bonchev–Trinajstić information content (AvgIpc) is 2.67. The first-order valence-electron chi connectivity index (χ1n) is 4.66. The Kier molecular flexibility index (Phi) is 3.10. The molecule has 1 heterocycles. The Morgan fingerprint density at radius 1 is 1.53 bits per heavy atom. The number of carbonyl (C=O) groups excluding carboxylic acids is 1. The summed E-state index contributed by atoms with van der Waals surface area (Å²) in [4.78, 5) is 15.6. The van der Waals surface area contributed by atoms with Crippen LogP contribution in [0.3, 0.4) is 0 Å². The minimum Gasteiger partial charge on any atom is -0.507 e. The first-order valence-corrected chi connectivity index (χ1v) is 5.46. The summed E-state index contributed by atoms with van der Waals surface area (Å²) in [5.74, 6) is -0.229. The molecule has 0 saturated carbocycles. The van der Waals surface area contributed by atoms with Gasteiger partial charge in [0, 0.05) is 4.47 Å². The number of phenols is 1. The van der Waals surface area contributed by atoms with Gasteiger partial charge in [0.2, 0.25) is 0 Å². The molecule has 2 N–H and O–H groups in total. The summed E-state index contributed by atoms with van der Waals surface area (Å²) in [5.41, 5.74) is 0.121. The van der Waals surface area contributed by atoms with Crippen LogP contribution in [-0.4, -0.2) is 21.2 Å². The van der Waals surface area contributed by atoms with E-state index in [1.54, 1.807) is 13.0 Å². The Morgan fingerprint density at radius 3 is 2.94 bits per heavy atom. The molecule has 17 heavy (non-hydrogen) atoms. The average molecular weight is 298 g/mol. The van der Waals surface area contributed by atoms with Crippen LogP contribution in [0.4, 0.5) is 6.01 Å². The van der Waals surface area contributed by atoms with Crippen molar-refractivity contribution < 1.29 is 14.4 Å². The third kappa shape index (κ3) is 2.62. The van der Waals surface area contributed by atoms with E-state index in [1.165, 1.54) is 12.1 Å². The van der Waals surface area contributed by atoms with Gasteiger partial charge in [-0.25, -0.2) is 0 Å². The first-order chi connectivity index (χ1) is 8.06. The molecule has 2 rings (SSSR count). The van der Waals surface area contributed by atoms with Crippen molar-refractivity contribution in [3.05, 3.63) is 34.1 Å². The van der Waals surface area contributed by atoms with Gasteiger partial charge in [-0.3, -0.25) is 10.1 Å². The maximum Gasteiger partial charge on any atom is 0.328 e. The van der Waals surface area contributed by atoms with Crippen LogP contribution in [-0.2, 0) is 0 Å². The van der Waals surface area contributed by atoms with Crippen molar-refractivity contribution in [3.63, 3.8) is 0 Å². The van der Waals surface area contributed by atoms with Crippen molar-refractivity contribution in [1.82, 2.24) is 10.1 Å². The Bertz CT molecular complexity index is 568. The van der Waals surface area contributed by atoms with Gasteiger partial charge in [0.05, 0.1) is 5.56 Å². The minimum atomic E-state index is -0.521. The van der Waals surface area contributed by atoms with Gasteiger partial charge in [-0.1, -0.05) is 21.1 Å². The van der Waals surface area contributed by atoms with E-state index in [1.807, 2.05) is 0 Å². The molecule has 1 aromatic carbocycles. The molecule has 0 spiro atoms. The van der Waals surface area contributed by atoms with Gasteiger partial charge in [0.25, 0.3) is 5.91 Å². The number of aryl methyl sites for hydroxylation is 1. The Hall–Kier alpha value is -1.89. The van der Waals surface area contributed by atoms with E-state index in [0.29, 0.717) is 10.3 Å². The molecule has 0 unspecified atom stereocenters. The van der Waals surface area contributed by atoms with Gasteiger partial charge in [-0.05, 0) is 25.1 Å². The van der Waals surface area contributed by atoms with Crippen LogP contribution in [0, 0.1) is 6.92 Å². The molecule has 0 aliphatic rings. The lowest BCUT2D eigenvalue weighted by Crippen LogP contribution is -2.12. The van der Waals surface area contributed by atoms with Gasteiger partial charge in [0.1, 0.15) is 5.75 Å². The highest BCUT2D eigenvalue weighted by Crippen LogP contribution is 2.22. The standard InChI is InChI=1S/C10H8BrN3O3/c1-5-12-10(17-14-5)13-9(16)7-4-6(11)2-3-8(7)15/h2-4,15H,1H3,(H,12,13,14,16). The summed E-state index contributed by atoms with van der Waals surface area (Å²) in [6.45, 7) is 1.63. The maximum atomic E-state index is 11.8. The van der Waals surface area contributed by atoms with Crippen LogP contribution in [0.25, 0.3) is 0 Å². The number of halogens is 1. The molecule has 0 bridgehead atoms. The van der Waals surface area contributed by atoms with E-state index in [-0.39, 0.29) is 17.3 Å². The SMILES string of the molecule is Cc1noc(NC(=O)c2cc(Br)ccc2O)n1. The molecular formula is C10H8BrN3O3. The summed E-state index contributed by atoms with van der Waals surface area (Å²) in [6, 6.07) is 4.53. The van der Waals surface area contributed by atoms with Crippen LogP contribution >= 0.6 is 15.9 Å². The first kappa shape index (κ1) is 11.6. The lowest BCUT2D eigenvalue weighted by molar-refractivity contribution is 0.102. The third-order valence-electron chi connectivity index (χ3n) is 1.95. The van der Waals surface area contributed by atoms with Gasteiger partial charge >= 0.3 is 6.01 Å². The number of phenolic OH excluding ortho intramolecular Hbond substituents is 1. The third-order valence-corrected chi connectivity index (χ3v) is 2.44. The topological polar surface area (TPSA) is 88.2 Å². The number of carbonyl (C=O) groups is 1. The lowest BCUT2D eigenvalue weighted by Gasteiger charge is -2.03. The number of nitrogens with zero attached hydrogens (tertiary/aromatic N) is 2. The zero-order valence-corrected chi connectivity index (χ0v) is 10.4. The highest BCUT2D eigenvalue weighted by atomic mass is 79.9. The molecule has 2 aromatic rings. The van der Waals surface area contributed by atoms with Crippen LogP contribution in [0.15, 0.2) is 27.2 Å². The van der Waals surface area contributed by atoms with Gasteiger partial charge in [-0.15, -0.1) is 0 Å². The second kappa shape index (κ2) is 4.54. The van der Waals surface area contributed by atoms with Crippen LogP contribution in [0.2, 0.25) is 0 Å². The van der Waals surface area contributed by atoms with Crippen molar-refractivity contribution in [3.8, 4) is 5.75 Å². The van der Waals surface area contributed by atoms with E-state index in [9.17, 15) is 9.90 Å². The number of benzene rings is 1. The second-order valence-corrected chi connectivity index (χ2v) is 4.18. The molecule has 7 heteroatoms. The molecule has 1 aromatic heterocycles. The summed E-state index contributed by atoms with van der Waals surface area (Å²) < 4.78 is 5.42. The molecule has 0 atom stereocenters. The Balaban J connectivity index is 2.22. The number of rotatable bonds is 2. The molecular weight excluding hydrogens is 290 g/mol. The predicted molar refractivity (Wildman–Crippen MR) is 62.8 cm³/mol. The summed E-state index contributed by atoms with van der Waals surface area (Å²) in [7, 11) is 0. The van der Waals surface area contributed by atoms with Gasteiger partial charge in [0.15, 0.2) is 5.82 Å². The number of anilines is 1. The fourth-order valence-electron chi connectivity index (χ4n) is 1.20. The number of hydrogen-bond acceptors (Lipinski definition) is 5. The van der Waals surface area contributed by atoms with E-state index in [4.69, 9.17) is 4.52 Å². The fraction of sp³-hybridized carbons (Fsp3) is 0.100. The summed E-state index contributed by atoms with van der Waals surface area (Å²) >= 11 is 3.21. The van der Waals surface area contributed by atoms with Crippen LogP contribution in [0.5, 0.6) is 5.75 Å². The van der Waals surface area contributed by atoms with Gasteiger partial charge < -0.3 is 9.63 Å². The van der Waals surface area contributed by atoms with Crippen LogP contribution in [0.1, 0.15) is 16.2 Å². The van der Waals surface area contributed by atoms with Crippen molar-refractivity contribution in [2.24, 2.45) is 0 Å². The summed E-state index contributed by atoms with van der Waals surface area (Å²) in [5, 5.41) is 15.5. The number of aromatic hydroxyl groups is 1.